The van der Waals surface area contributed by atoms with E-state index in [0.29, 0.717) is 24.7 Å². The molecule has 4 atom stereocenters. The van der Waals surface area contributed by atoms with Crippen LogP contribution < -0.4 is 20.1 Å². The molecule has 4 aromatic rings. The van der Waals surface area contributed by atoms with Gasteiger partial charge in [0.25, 0.3) is 11.8 Å². The number of amides is 2. The first-order valence-corrected chi connectivity index (χ1v) is 17.4. The van der Waals surface area contributed by atoms with E-state index in [2.05, 4.69) is 62.6 Å². The fourth-order valence-electron chi connectivity index (χ4n) is 5.77. The lowest BCUT2D eigenvalue weighted by Crippen LogP contribution is -2.33. The zero-order valence-electron chi connectivity index (χ0n) is 29.9. The third kappa shape index (κ3) is 8.85. The molecule has 6 heteroatoms. The monoisotopic (exact) mass is 648 g/mol. The number of nitrogens with one attached hydrogen (secondary N) is 2. The fraction of sp³-hybridized carbons (Fsp3) is 0.381. The van der Waals surface area contributed by atoms with Gasteiger partial charge in [0.2, 0.25) is 0 Å². The van der Waals surface area contributed by atoms with Crippen LogP contribution in [-0.4, -0.2) is 24.0 Å². The lowest BCUT2D eigenvalue weighted by atomic mass is 9.97. The van der Waals surface area contributed by atoms with Gasteiger partial charge in [0, 0.05) is 11.4 Å². The molecule has 0 aliphatic heterocycles. The van der Waals surface area contributed by atoms with Crippen molar-refractivity contribution in [1.82, 2.24) is 0 Å². The van der Waals surface area contributed by atoms with E-state index in [4.69, 9.17) is 9.47 Å². The molecule has 0 spiro atoms. The molecule has 48 heavy (non-hydrogen) atoms. The van der Waals surface area contributed by atoms with Gasteiger partial charge < -0.3 is 20.1 Å². The number of hydrogen-bond donors (Lipinski definition) is 2. The lowest BCUT2D eigenvalue weighted by Gasteiger charge is -2.22. The average molecular weight is 649 g/mol. The molecular weight excluding hydrogens is 596 g/mol. The molecule has 6 nitrogen and oxygen atoms in total. The summed E-state index contributed by atoms with van der Waals surface area (Å²) >= 11 is 0. The largest absolute Gasteiger partial charge is 0.480 e. The van der Waals surface area contributed by atoms with Crippen molar-refractivity contribution < 1.29 is 19.1 Å². The van der Waals surface area contributed by atoms with Crippen LogP contribution in [0.1, 0.15) is 101 Å². The van der Waals surface area contributed by atoms with Gasteiger partial charge in [-0.25, -0.2) is 0 Å². The molecule has 0 fully saturated rings. The topological polar surface area (TPSA) is 76.7 Å². The van der Waals surface area contributed by atoms with Crippen molar-refractivity contribution in [2.75, 3.05) is 10.6 Å². The highest BCUT2D eigenvalue weighted by Crippen LogP contribution is 2.32. The van der Waals surface area contributed by atoms with Crippen LogP contribution in [0.25, 0.3) is 11.1 Å². The summed E-state index contributed by atoms with van der Waals surface area (Å²) in [6, 6.07) is 28.0. The molecule has 4 aromatic carbocycles. The summed E-state index contributed by atoms with van der Waals surface area (Å²) in [5.41, 5.74) is 7.69. The van der Waals surface area contributed by atoms with Crippen molar-refractivity contribution >= 4 is 23.2 Å². The minimum Gasteiger partial charge on any atom is -0.480 e. The van der Waals surface area contributed by atoms with E-state index in [1.807, 2.05) is 88.4 Å². The molecular formula is C42H52N2O4. The molecule has 4 rings (SSSR count). The molecule has 0 aliphatic carbocycles. The van der Waals surface area contributed by atoms with Crippen molar-refractivity contribution in [2.24, 2.45) is 0 Å². The van der Waals surface area contributed by atoms with Crippen LogP contribution in [0.2, 0.25) is 0 Å². The average Bonchev–Trinajstić information content (AvgIpc) is 3.10. The standard InChI is InChI=1S/C42H52N2O4/c1-9-27(5)33-17-13-15-19-39(33)47-37(11-3)41(45)43-35-23-21-31(25-29(35)7)32-22-24-36(30(8)26-32)44-42(46)38(12-4)48-40-20-16-14-18-34(40)28(6)10-2/h13-28,37-38H,9-12H2,1-8H3,(H,43,45)(H,44,46). The summed E-state index contributed by atoms with van der Waals surface area (Å²) in [7, 11) is 0. The number of carbonyl (C=O) groups is 2. The fourth-order valence-corrected chi connectivity index (χ4v) is 5.77. The van der Waals surface area contributed by atoms with Gasteiger partial charge in [0.1, 0.15) is 11.5 Å². The number of para-hydroxylation sites is 2. The van der Waals surface area contributed by atoms with Crippen LogP contribution in [0, 0.1) is 13.8 Å². The summed E-state index contributed by atoms with van der Waals surface area (Å²) < 4.78 is 12.5. The molecule has 0 saturated carbocycles. The van der Waals surface area contributed by atoms with Crippen molar-refractivity contribution in [3.63, 3.8) is 0 Å². The number of anilines is 2. The van der Waals surface area contributed by atoms with Gasteiger partial charge in [0.15, 0.2) is 12.2 Å². The van der Waals surface area contributed by atoms with Crippen LogP contribution in [0.15, 0.2) is 84.9 Å². The van der Waals surface area contributed by atoms with Crippen molar-refractivity contribution in [3.8, 4) is 22.6 Å². The molecule has 0 radical (unpaired) electrons. The van der Waals surface area contributed by atoms with Crippen LogP contribution in [0.4, 0.5) is 11.4 Å². The van der Waals surface area contributed by atoms with Gasteiger partial charge in [-0.3, -0.25) is 9.59 Å². The second kappa shape index (κ2) is 17.0. The number of hydrogen-bond acceptors (Lipinski definition) is 4. The Morgan fingerprint density at radius 1 is 0.562 bits per heavy atom. The SMILES string of the molecule is CCC(Oc1ccccc1C(C)CC)C(=O)Nc1ccc(-c2ccc(NC(=O)C(CC)Oc3ccccc3C(C)CC)c(C)c2)cc1C. The zero-order valence-corrected chi connectivity index (χ0v) is 29.9. The van der Waals surface area contributed by atoms with E-state index in [-0.39, 0.29) is 11.8 Å². The predicted molar refractivity (Wildman–Crippen MR) is 198 cm³/mol. The number of benzene rings is 4. The molecule has 0 aliphatic rings. The van der Waals surface area contributed by atoms with Gasteiger partial charge in [0.05, 0.1) is 0 Å². The van der Waals surface area contributed by atoms with E-state index in [1.165, 1.54) is 0 Å². The van der Waals surface area contributed by atoms with Crippen molar-refractivity contribution in [3.05, 3.63) is 107 Å². The highest BCUT2D eigenvalue weighted by atomic mass is 16.5. The maximum absolute atomic E-state index is 13.3. The van der Waals surface area contributed by atoms with Crippen LogP contribution >= 0.6 is 0 Å². The van der Waals surface area contributed by atoms with Gasteiger partial charge in [-0.1, -0.05) is 90.1 Å². The number of carbonyl (C=O) groups excluding carboxylic acids is 2. The number of aryl methyl sites for hydroxylation is 2. The van der Waals surface area contributed by atoms with E-state index in [1.54, 1.807) is 0 Å². The maximum atomic E-state index is 13.3. The molecule has 0 bridgehead atoms. The second-order valence-corrected chi connectivity index (χ2v) is 12.8. The third-order valence-electron chi connectivity index (χ3n) is 9.29. The summed E-state index contributed by atoms with van der Waals surface area (Å²) in [6.07, 6.45) is 1.88. The van der Waals surface area contributed by atoms with E-state index >= 15 is 0 Å². The number of rotatable bonds is 15. The summed E-state index contributed by atoms with van der Waals surface area (Å²) in [5, 5.41) is 6.18. The Hall–Kier alpha value is -4.58. The lowest BCUT2D eigenvalue weighted by molar-refractivity contribution is -0.123. The molecule has 254 valence electrons. The van der Waals surface area contributed by atoms with E-state index in [0.717, 1.165) is 69.1 Å². The molecule has 2 amide bonds. The van der Waals surface area contributed by atoms with Gasteiger partial charge in [-0.05, 0) is 121 Å². The first kappa shape index (κ1) is 36.3. The summed E-state index contributed by atoms with van der Waals surface area (Å²) in [4.78, 5) is 26.7. The quantitative estimate of drug-likeness (QED) is 0.134. The first-order chi connectivity index (χ1) is 23.1. The van der Waals surface area contributed by atoms with Crippen LogP contribution in [-0.2, 0) is 9.59 Å². The third-order valence-corrected chi connectivity index (χ3v) is 9.29. The Bertz CT molecular complexity index is 1570. The van der Waals surface area contributed by atoms with Gasteiger partial charge in [-0.15, -0.1) is 0 Å². The second-order valence-electron chi connectivity index (χ2n) is 12.8. The van der Waals surface area contributed by atoms with Gasteiger partial charge >= 0.3 is 0 Å². The Kier molecular flexibility index (Phi) is 12.8. The highest BCUT2D eigenvalue weighted by Gasteiger charge is 2.23. The minimum absolute atomic E-state index is 0.166. The zero-order chi connectivity index (χ0) is 34.8. The molecule has 0 saturated heterocycles. The predicted octanol–water partition coefficient (Wildman–Crippen LogP) is 10.6. The highest BCUT2D eigenvalue weighted by molar-refractivity contribution is 5.96. The maximum Gasteiger partial charge on any atom is 0.265 e. The molecule has 2 N–H and O–H groups in total. The summed E-state index contributed by atoms with van der Waals surface area (Å²) in [6.45, 7) is 16.6. The van der Waals surface area contributed by atoms with Crippen molar-refractivity contribution in [1.29, 1.82) is 0 Å². The van der Waals surface area contributed by atoms with E-state index < -0.39 is 12.2 Å². The number of ether oxygens (including phenoxy) is 2. The minimum atomic E-state index is -0.605. The Morgan fingerprint density at radius 2 is 0.938 bits per heavy atom. The smallest absolute Gasteiger partial charge is 0.265 e. The molecule has 4 unspecified atom stereocenters. The first-order valence-electron chi connectivity index (χ1n) is 17.4. The normalized spacial score (nSPS) is 13.6. The molecule has 0 heterocycles. The van der Waals surface area contributed by atoms with Gasteiger partial charge in [-0.2, -0.15) is 0 Å². The Balaban J connectivity index is 1.43. The van der Waals surface area contributed by atoms with Crippen LogP contribution in [0.5, 0.6) is 11.5 Å². The van der Waals surface area contributed by atoms with Crippen LogP contribution in [0.3, 0.4) is 0 Å². The van der Waals surface area contributed by atoms with Crippen molar-refractivity contribution in [2.45, 2.75) is 105 Å². The Morgan fingerprint density at radius 3 is 1.27 bits per heavy atom. The molecule has 0 aromatic heterocycles. The Labute approximate surface area is 287 Å². The summed E-state index contributed by atoms with van der Waals surface area (Å²) in [5.74, 6) is 1.88. The van der Waals surface area contributed by atoms with E-state index in [9.17, 15) is 9.59 Å².